The van der Waals surface area contributed by atoms with Gasteiger partial charge >= 0.3 is 0 Å². The number of benzene rings is 2. The van der Waals surface area contributed by atoms with Gasteiger partial charge in [0.05, 0.1) is 0 Å². The zero-order chi connectivity index (χ0) is 18.4. The van der Waals surface area contributed by atoms with Crippen molar-refractivity contribution in [2.75, 3.05) is 16.8 Å². The molecule has 0 heterocycles. The minimum atomic E-state index is -0.0625. The van der Waals surface area contributed by atoms with Gasteiger partial charge in [-0.05, 0) is 50.1 Å². The van der Waals surface area contributed by atoms with Gasteiger partial charge in [-0.1, -0.05) is 43.5 Å². The second-order valence-corrected chi connectivity index (χ2v) is 6.79. The van der Waals surface area contributed by atoms with Gasteiger partial charge in [0, 0.05) is 29.4 Å². The molecule has 0 unspecified atom stereocenters. The van der Waals surface area contributed by atoms with Gasteiger partial charge in [0.25, 0.3) is 5.91 Å². The number of carbonyl (C=O) groups excluding carboxylic acids is 2. The van der Waals surface area contributed by atoms with Gasteiger partial charge in [0.2, 0.25) is 5.91 Å². The summed E-state index contributed by atoms with van der Waals surface area (Å²) in [6.07, 6.45) is 5.39. The highest BCUT2D eigenvalue weighted by atomic mass is 16.2. The second kappa shape index (κ2) is 8.65. The number of rotatable bonds is 5. The lowest BCUT2D eigenvalue weighted by molar-refractivity contribution is -0.120. The van der Waals surface area contributed by atoms with Gasteiger partial charge < -0.3 is 10.2 Å². The molecule has 4 heteroatoms. The number of amides is 2. The predicted octanol–water partition coefficient (Wildman–Crippen LogP) is 4.87. The first-order valence-electron chi connectivity index (χ1n) is 9.47. The molecule has 1 aliphatic carbocycles. The Hall–Kier alpha value is -2.62. The normalized spacial score (nSPS) is 14.7. The molecule has 0 bridgehead atoms. The fourth-order valence-corrected chi connectivity index (χ4v) is 3.55. The smallest absolute Gasteiger partial charge is 0.258 e. The van der Waals surface area contributed by atoms with E-state index in [1.54, 1.807) is 17.0 Å². The van der Waals surface area contributed by atoms with E-state index >= 15 is 0 Å². The molecule has 2 amide bonds. The van der Waals surface area contributed by atoms with Crippen molar-refractivity contribution in [1.82, 2.24) is 0 Å². The van der Waals surface area contributed by atoms with Crippen LogP contribution in [-0.4, -0.2) is 18.4 Å². The van der Waals surface area contributed by atoms with E-state index in [0.29, 0.717) is 17.8 Å². The maximum atomic E-state index is 12.9. The van der Waals surface area contributed by atoms with Crippen LogP contribution >= 0.6 is 0 Å². The number of carbonyl (C=O) groups is 2. The predicted molar refractivity (Wildman–Crippen MR) is 105 cm³/mol. The van der Waals surface area contributed by atoms with Crippen LogP contribution in [0.2, 0.25) is 0 Å². The molecule has 0 aromatic heterocycles. The monoisotopic (exact) mass is 350 g/mol. The van der Waals surface area contributed by atoms with Gasteiger partial charge in [0.15, 0.2) is 0 Å². The maximum Gasteiger partial charge on any atom is 0.258 e. The Kier molecular flexibility index (Phi) is 6.05. The molecule has 1 N–H and O–H groups in total. The number of anilines is 2. The van der Waals surface area contributed by atoms with E-state index in [2.05, 4.69) is 5.32 Å². The van der Waals surface area contributed by atoms with Crippen LogP contribution in [-0.2, 0) is 4.79 Å². The molecule has 0 radical (unpaired) electrons. The summed E-state index contributed by atoms with van der Waals surface area (Å²) in [6, 6.07) is 16.9. The van der Waals surface area contributed by atoms with Crippen LogP contribution in [0.25, 0.3) is 0 Å². The highest BCUT2D eigenvalue weighted by Crippen LogP contribution is 2.25. The quantitative estimate of drug-likeness (QED) is 0.836. The van der Waals surface area contributed by atoms with Crippen molar-refractivity contribution in [3.05, 3.63) is 60.2 Å². The van der Waals surface area contributed by atoms with Crippen LogP contribution in [0, 0.1) is 5.92 Å². The van der Waals surface area contributed by atoms with Gasteiger partial charge in [0.1, 0.15) is 0 Å². The highest BCUT2D eigenvalue weighted by Gasteiger charge is 2.22. The Bertz CT molecular complexity index is 752. The first-order valence-corrected chi connectivity index (χ1v) is 9.47. The lowest BCUT2D eigenvalue weighted by atomic mass is 9.88. The molecular formula is C22H26N2O2. The number of para-hydroxylation sites is 1. The largest absolute Gasteiger partial charge is 0.326 e. The summed E-state index contributed by atoms with van der Waals surface area (Å²) in [6.45, 7) is 2.54. The number of hydrogen-bond donors (Lipinski definition) is 1. The molecule has 0 spiro atoms. The van der Waals surface area contributed by atoms with Crippen molar-refractivity contribution in [2.45, 2.75) is 39.0 Å². The third-order valence-electron chi connectivity index (χ3n) is 4.98. The summed E-state index contributed by atoms with van der Waals surface area (Å²) >= 11 is 0. The van der Waals surface area contributed by atoms with Crippen molar-refractivity contribution in [3.8, 4) is 0 Å². The molecule has 4 nitrogen and oxygen atoms in total. The zero-order valence-corrected chi connectivity index (χ0v) is 15.3. The van der Waals surface area contributed by atoms with Gasteiger partial charge in [-0.25, -0.2) is 0 Å². The molecule has 1 fully saturated rings. The van der Waals surface area contributed by atoms with Crippen LogP contribution in [0.4, 0.5) is 11.4 Å². The van der Waals surface area contributed by atoms with E-state index in [9.17, 15) is 9.59 Å². The molecular weight excluding hydrogens is 324 g/mol. The standard InChI is InChI=1S/C22H26N2O2/c1-2-24(20-14-7-4-8-15-20)22(26)18-12-9-13-19(16-18)23-21(25)17-10-5-3-6-11-17/h4,7-9,12-17H,2-3,5-6,10-11H2,1H3,(H,23,25). The molecule has 136 valence electrons. The second-order valence-electron chi connectivity index (χ2n) is 6.79. The van der Waals surface area contributed by atoms with E-state index in [1.165, 1.54) is 6.42 Å². The topological polar surface area (TPSA) is 49.4 Å². The van der Waals surface area contributed by atoms with Crippen molar-refractivity contribution in [2.24, 2.45) is 5.92 Å². The summed E-state index contributed by atoms with van der Waals surface area (Å²) in [5, 5.41) is 2.99. The van der Waals surface area contributed by atoms with E-state index in [-0.39, 0.29) is 17.7 Å². The zero-order valence-electron chi connectivity index (χ0n) is 15.3. The van der Waals surface area contributed by atoms with Crippen LogP contribution in [0.5, 0.6) is 0 Å². The molecule has 3 rings (SSSR count). The Labute approximate surface area is 155 Å². The summed E-state index contributed by atoms with van der Waals surface area (Å²) in [7, 11) is 0. The fraction of sp³-hybridized carbons (Fsp3) is 0.364. The Balaban J connectivity index is 1.73. The van der Waals surface area contributed by atoms with E-state index in [4.69, 9.17) is 0 Å². The summed E-state index contributed by atoms with van der Waals surface area (Å²) in [4.78, 5) is 27.1. The number of nitrogens with one attached hydrogen (secondary N) is 1. The molecule has 0 saturated heterocycles. The van der Waals surface area contributed by atoms with E-state index < -0.39 is 0 Å². The lowest BCUT2D eigenvalue weighted by Gasteiger charge is -2.22. The Morgan fingerprint density at radius 3 is 2.42 bits per heavy atom. The third-order valence-corrected chi connectivity index (χ3v) is 4.98. The van der Waals surface area contributed by atoms with E-state index in [0.717, 1.165) is 31.4 Å². The van der Waals surface area contributed by atoms with Gasteiger partial charge in [-0.2, -0.15) is 0 Å². The SMILES string of the molecule is CCN(C(=O)c1cccc(NC(=O)C2CCCCC2)c1)c1ccccc1. The van der Waals surface area contributed by atoms with Gasteiger partial charge in [-0.15, -0.1) is 0 Å². The Morgan fingerprint density at radius 1 is 1.00 bits per heavy atom. The first kappa shape index (κ1) is 18.2. The molecule has 1 aliphatic rings. The first-order chi connectivity index (χ1) is 12.7. The van der Waals surface area contributed by atoms with Crippen molar-refractivity contribution < 1.29 is 9.59 Å². The van der Waals surface area contributed by atoms with Crippen LogP contribution in [0.15, 0.2) is 54.6 Å². The van der Waals surface area contributed by atoms with Crippen LogP contribution in [0.3, 0.4) is 0 Å². The van der Waals surface area contributed by atoms with Gasteiger partial charge in [-0.3, -0.25) is 9.59 Å². The molecule has 1 saturated carbocycles. The summed E-state index contributed by atoms with van der Waals surface area (Å²) in [5.41, 5.74) is 2.14. The van der Waals surface area contributed by atoms with Crippen molar-refractivity contribution in [3.63, 3.8) is 0 Å². The lowest BCUT2D eigenvalue weighted by Crippen LogP contribution is -2.30. The molecule has 0 aliphatic heterocycles. The molecule has 0 atom stereocenters. The molecule has 2 aromatic rings. The fourth-order valence-electron chi connectivity index (χ4n) is 3.55. The van der Waals surface area contributed by atoms with Crippen LogP contribution in [0.1, 0.15) is 49.4 Å². The minimum absolute atomic E-state index is 0.0625. The van der Waals surface area contributed by atoms with Crippen molar-refractivity contribution in [1.29, 1.82) is 0 Å². The summed E-state index contributed by atoms with van der Waals surface area (Å²) in [5.74, 6) is 0.108. The molecule has 26 heavy (non-hydrogen) atoms. The summed E-state index contributed by atoms with van der Waals surface area (Å²) < 4.78 is 0. The highest BCUT2D eigenvalue weighted by molar-refractivity contribution is 6.07. The Morgan fingerprint density at radius 2 is 1.73 bits per heavy atom. The average molecular weight is 350 g/mol. The average Bonchev–Trinajstić information content (AvgIpc) is 2.70. The number of hydrogen-bond acceptors (Lipinski definition) is 2. The minimum Gasteiger partial charge on any atom is -0.326 e. The van der Waals surface area contributed by atoms with E-state index in [1.807, 2.05) is 49.4 Å². The third kappa shape index (κ3) is 4.31. The van der Waals surface area contributed by atoms with Crippen LogP contribution < -0.4 is 10.2 Å². The number of nitrogens with zero attached hydrogens (tertiary/aromatic N) is 1. The maximum absolute atomic E-state index is 12.9. The molecule has 2 aromatic carbocycles. The van der Waals surface area contributed by atoms with Crippen molar-refractivity contribution >= 4 is 23.2 Å².